The van der Waals surface area contributed by atoms with Gasteiger partial charge in [0.05, 0.1) is 0 Å². The van der Waals surface area contributed by atoms with Gasteiger partial charge in [-0.25, -0.2) is 0 Å². The summed E-state index contributed by atoms with van der Waals surface area (Å²) in [5, 5.41) is 17.2. The maximum absolute atomic E-state index is 9.69. The predicted octanol–water partition coefficient (Wildman–Crippen LogP) is 3.55. The van der Waals surface area contributed by atoms with Crippen LogP contribution in [0.5, 0.6) is 17.4 Å². The molecule has 4 nitrogen and oxygen atoms in total. The SMILES string of the molecule is Cc1ccc(C)c(Oc2nnc(Cl)cc2O)c1C. The molecule has 0 aliphatic carbocycles. The van der Waals surface area contributed by atoms with Gasteiger partial charge in [-0.2, -0.15) is 0 Å². The van der Waals surface area contributed by atoms with E-state index in [-0.39, 0.29) is 16.8 Å². The van der Waals surface area contributed by atoms with Gasteiger partial charge in [-0.05, 0) is 37.5 Å². The number of rotatable bonds is 2. The Balaban J connectivity index is 2.43. The Morgan fingerprint density at radius 1 is 1.11 bits per heavy atom. The summed E-state index contributed by atoms with van der Waals surface area (Å²) in [6.45, 7) is 5.88. The summed E-state index contributed by atoms with van der Waals surface area (Å²) >= 11 is 5.62. The molecule has 1 aromatic heterocycles. The molecule has 0 bridgehead atoms. The third-order valence-electron chi connectivity index (χ3n) is 2.78. The maximum atomic E-state index is 9.69. The Hall–Kier alpha value is -1.81. The Bertz CT molecular complexity index is 600. The number of halogens is 1. The van der Waals surface area contributed by atoms with Crippen LogP contribution in [0.2, 0.25) is 5.15 Å². The van der Waals surface area contributed by atoms with Crippen LogP contribution in [-0.2, 0) is 0 Å². The zero-order valence-electron chi connectivity index (χ0n) is 10.4. The van der Waals surface area contributed by atoms with Gasteiger partial charge in [-0.15, -0.1) is 10.2 Å². The Morgan fingerprint density at radius 2 is 1.78 bits per heavy atom. The van der Waals surface area contributed by atoms with Crippen molar-refractivity contribution in [1.29, 1.82) is 0 Å². The van der Waals surface area contributed by atoms with E-state index < -0.39 is 0 Å². The average molecular weight is 265 g/mol. The lowest BCUT2D eigenvalue weighted by Crippen LogP contribution is -1.96. The molecule has 0 saturated heterocycles. The number of aromatic hydroxyl groups is 1. The zero-order chi connectivity index (χ0) is 13.3. The van der Waals surface area contributed by atoms with Gasteiger partial charge in [0, 0.05) is 6.07 Å². The van der Waals surface area contributed by atoms with Crippen LogP contribution in [0, 0.1) is 20.8 Å². The summed E-state index contributed by atoms with van der Waals surface area (Å²) in [5.41, 5.74) is 3.08. The number of aromatic nitrogens is 2. The normalized spacial score (nSPS) is 10.4. The molecule has 5 heteroatoms. The van der Waals surface area contributed by atoms with Crippen LogP contribution in [0.3, 0.4) is 0 Å². The molecule has 1 aromatic carbocycles. The highest BCUT2D eigenvalue weighted by Crippen LogP contribution is 2.33. The lowest BCUT2D eigenvalue weighted by Gasteiger charge is -2.13. The van der Waals surface area contributed by atoms with Crippen molar-refractivity contribution in [3.05, 3.63) is 40.0 Å². The lowest BCUT2D eigenvalue weighted by atomic mass is 10.1. The first kappa shape index (κ1) is 12.6. The molecule has 0 aliphatic rings. The van der Waals surface area contributed by atoms with Crippen molar-refractivity contribution in [2.75, 3.05) is 0 Å². The average Bonchev–Trinajstić information content (AvgIpc) is 2.32. The summed E-state index contributed by atoms with van der Waals surface area (Å²) in [5.74, 6) is 0.605. The van der Waals surface area contributed by atoms with Gasteiger partial charge < -0.3 is 9.84 Å². The van der Waals surface area contributed by atoms with Crippen molar-refractivity contribution >= 4 is 11.6 Å². The van der Waals surface area contributed by atoms with Gasteiger partial charge in [-0.3, -0.25) is 0 Å². The number of hydrogen-bond donors (Lipinski definition) is 1. The Kier molecular flexibility index (Phi) is 3.39. The van der Waals surface area contributed by atoms with Crippen LogP contribution >= 0.6 is 11.6 Å². The maximum Gasteiger partial charge on any atom is 0.281 e. The molecule has 0 fully saturated rings. The van der Waals surface area contributed by atoms with Gasteiger partial charge in [0.15, 0.2) is 10.9 Å². The number of aryl methyl sites for hydroxylation is 2. The van der Waals surface area contributed by atoms with Crippen LogP contribution in [0.15, 0.2) is 18.2 Å². The molecule has 1 heterocycles. The molecule has 0 aliphatic heterocycles. The first-order valence-electron chi connectivity index (χ1n) is 5.46. The molecule has 2 aromatic rings. The van der Waals surface area contributed by atoms with Crippen LogP contribution in [0.1, 0.15) is 16.7 Å². The summed E-state index contributed by atoms with van der Waals surface area (Å²) in [6.07, 6.45) is 0. The minimum absolute atomic E-state index is 0.0520. The van der Waals surface area contributed by atoms with Gasteiger partial charge in [0.1, 0.15) is 5.75 Å². The van der Waals surface area contributed by atoms with E-state index in [2.05, 4.69) is 10.2 Å². The van der Waals surface area contributed by atoms with Crippen LogP contribution in [-0.4, -0.2) is 15.3 Å². The van der Waals surface area contributed by atoms with E-state index in [0.29, 0.717) is 5.75 Å². The monoisotopic (exact) mass is 264 g/mol. The molecule has 0 amide bonds. The Labute approximate surface area is 110 Å². The second-order valence-electron chi connectivity index (χ2n) is 4.11. The summed E-state index contributed by atoms with van der Waals surface area (Å²) in [6, 6.07) is 5.27. The van der Waals surface area contributed by atoms with Gasteiger partial charge >= 0.3 is 0 Å². The largest absolute Gasteiger partial charge is 0.503 e. The van der Waals surface area contributed by atoms with Crippen molar-refractivity contribution < 1.29 is 9.84 Å². The van der Waals surface area contributed by atoms with E-state index >= 15 is 0 Å². The van der Waals surface area contributed by atoms with Gasteiger partial charge in [-0.1, -0.05) is 23.7 Å². The fraction of sp³-hybridized carbons (Fsp3) is 0.231. The second-order valence-corrected chi connectivity index (χ2v) is 4.50. The number of ether oxygens (including phenoxy) is 1. The summed E-state index contributed by atoms with van der Waals surface area (Å²) < 4.78 is 5.62. The molecule has 0 unspecified atom stereocenters. The first-order valence-corrected chi connectivity index (χ1v) is 5.83. The summed E-state index contributed by atoms with van der Waals surface area (Å²) in [4.78, 5) is 0. The molecular weight excluding hydrogens is 252 g/mol. The van der Waals surface area contributed by atoms with Crippen LogP contribution in [0.4, 0.5) is 0 Å². The third kappa shape index (κ3) is 2.38. The molecule has 94 valence electrons. The number of benzene rings is 1. The summed E-state index contributed by atoms with van der Waals surface area (Å²) in [7, 11) is 0. The van der Waals surface area contributed by atoms with Gasteiger partial charge in [0.25, 0.3) is 5.88 Å². The number of hydrogen-bond acceptors (Lipinski definition) is 4. The fourth-order valence-electron chi connectivity index (χ4n) is 1.60. The van der Waals surface area contributed by atoms with E-state index in [9.17, 15) is 5.11 Å². The molecule has 0 spiro atoms. The first-order chi connectivity index (χ1) is 8.49. The Morgan fingerprint density at radius 3 is 2.44 bits per heavy atom. The molecule has 2 rings (SSSR count). The van der Waals surface area contributed by atoms with E-state index in [4.69, 9.17) is 16.3 Å². The standard InChI is InChI=1S/C13H13ClN2O2/c1-7-4-5-8(2)12(9(7)3)18-13-10(17)6-11(14)15-16-13/h4-6H,1-3H3,(H,15,17). The topological polar surface area (TPSA) is 55.2 Å². The third-order valence-corrected chi connectivity index (χ3v) is 2.97. The highest BCUT2D eigenvalue weighted by Gasteiger charge is 2.12. The van der Waals surface area contributed by atoms with E-state index in [1.807, 2.05) is 32.9 Å². The zero-order valence-corrected chi connectivity index (χ0v) is 11.1. The van der Waals surface area contributed by atoms with E-state index in [1.54, 1.807) is 0 Å². The molecule has 18 heavy (non-hydrogen) atoms. The minimum atomic E-state index is -0.129. The van der Waals surface area contributed by atoms with E-state index in [1.165, 1.54) is 6.07 Å². The molecule has 0 radical (unpaired) electrons. The van der Waals surface area contributed by atoms with Crippen molar-refractivity contribution in [3.63, 3.8) is 0 Å². The molecule has 0 atom stereocenters. The smallest absolute Gasteiger partial charge is 0.281 e. The van der Waals surface area contributed by atoms with Gasteiger partial charge in [0.2, 0.25) is 0 Å². The molecule has 1 N–H and O–H groups in total. The minimum Gasteiger partial charge on any atom is -0.503 e. The van der Waals surface area contributed by atoms with E-state index in [0.717, 1.165) is 16.7 Å². The van der Waals surface area contributed by atoms with Crippen LogP contribution < -0.4 is 4.74 Å². The van der Waals surface area contributed by atoms with Crippen molar-refractivity contribution in [3.8, 4) is 17.4 Å². The van der Waals surface area contributed by atoms with Crippen molar-refractivity contribution in [2.24, 2.45) is 0 Å². The highest BCUT2D eigenvalue weighted by atomic mass is 35.5. The number of nitrogens with zero attached hydrogens (tertiary/aromatic N) is 2. The van der Waals surface area contributed by atoms with Crippen LogP contribution in [0.25, 0.3) is 0 Å². The highest BCUT2D eigenvalue weighted by molar-refractivity contribution is 6.29. The molecular formula is C13H13ClN2O2. The quantitative estimate of drug-likeness (QED) is 0.901. The predicted molar refractivity (Wildman–Crippen MR) is 69.4 cm³/mol. The fourth-order valence-corrected chi connectivity index (χ4v) is 1.74. The lowest BCUT2D eigenvalue weighted by molar-refractivity contribution is 0.388. The second kappa shape index (κ2) is 4.82. The van der Waals surface area contributed by atoms with Crippen molar-refractivity contribution in [1.82, 2.24) is 10.2 Å². The molecule has 0 saturated carbocycles. The van der Waals surface area contributed by atoms with Crippen molar-refractivity contribution in [2.45, 2.75) is 20.8 Å².